The molecule has 1 aliphatic rings. The van der Waals surface area contributed by atoms with Gasteiger partial charge in [0.25, 0.3) is 0 Å². The zero-order valence-corrected chi connectivity index (χ0v) is 6.42. The molecule has 3 heteroatoms. The van der Waals surface area contributed by atoms with E-state index in [1.54, 1.807) is 25.1 Å². The maximum Gasteiger partial charge on any atom is 0.248 e. The van der Waals surface area contributed by atoms with Crippen molar-refractivity contribution in [3.05, 3.63) is 11.6 Å². The number of hydrogen-bond donors (Lipinski definition) is 0. The Morgan fingerprint density at radius 2 is 2.30 bits per heavy atom. The van der Waals surface area contributed by atoms with E-state index in [0.717, 1.165) is 5.57 Å². The van der Waals surface area contributed by atoms with E-state index in [9.17, 15) is 4.79 Å². The Morgan fingerprint density at radius 3 is 2.50 bits per heavy atom. The highest BCUT2D eigenvalue weighted by molar-refractivity contribution is 5.91. The first-order valence-corrected chi connectivity index (χ1v) is 3.14. The topological polar surface area (TPSA) is 29.5 Å². The van der Waals surface area contributed by atoms with Crippen molar-refractivity contribution in [1.82, 2.24) is 4.90 Å². The molecule has 0 spiro atoms. The molecule has 1 aliphatic heterocycles. The molecule has 0 saturated carbocycles. The van der Waals surface area contributed by atoms with Crippen LogP contribution in [0.1, 0.15) is 6.92 Å². The summed E-state index contributed by atoms with van der Waals surface area (Å²) < 4.78 is 5.04. The van der Waals surface area contributed by atoms with E-state index in [2.05, 4.69) is 0 Å². The molecule has 0 fully saturated rings. The lowest BCUT2D eigenvalue weighted by Crippen LogP contribution is -2.32. The van der Waals surface area contributed by atoms with Crippen molar-refractivity contribution in [2.75, 3.05) is 14.2 Å². The van der Waals surface area contributed by atoms with Crippen molar-refractivity contribution in [3.63, 3.8) is 0 Å². The molecule has 0 aromatic heterocycles. The zero-order valence-electron chi connectivity index (χ0n) is 6.42. The predicted octanol–water partition coefficient (Wildman–Crippen LogP) is 0.377. The highest BCUT2D eigenvalue weighted by Gasteiger charge is 2.26. The van der Waals surface area contributed by atoms with Gasteiger partial charge in [0.1, 0.15) is 0 Å². The van der Waals surface area contributed by atoms with Gasteiger partial charge < -0.3 is 9.64 Å². The minimum absolute atomic E-state index is 0.0179. The third kappa shape index (κ3) is 0.926. The smallest absolute Gasteiger partial charge is 0.248 e. The Hall–Kier alpha value is -0.830. The SMILES string of the molecule is COC1C(C)=CC(=O)N1C. The molecule has 1 unspecified atom stereocenters. The van der Waals surface area contributed by atoms with Crippen LogP contribution in [0.4, 0.5) is 0 Å². The number of ether oxygens (including phenoxy) is 1. The van der Waals surface area contributed by atoms with Crippen LogP contribution in [-0.4, -0.2) is 31.2 Å². The van der Waals surface area contributed by atoms with E-state index in [4.69, 9.17) is 4.74 Å². The number of amides is 1. The number of methoxy groups -OCH3 is 1. The molecular formula is C7H11NO2. The Kier molecular flexibility index (Phi) is 1.76. The summed E-state index contributed by atoms with van der Waals surface area (Å²) in [6, 6.07) is 0. The number of nitrogens with zero attached hydrogens (tertiary/aromatic N) is 1. The minimum atomic E-state index is -0.146. The van der Waals surface area contributed by atoms with Crippen molar-refractivity contribution >= 4 is 5.91 Å². The quantitative estimate of drug-likeness (QED) is 0.528. The minimum Gasteiger partial charge on any atom is -0.358 e. The van der Waals surface area contributed by atoms with E-state index >= 15 is 0 Å². The van der Waals surface area contributed by atoms with Gasteiger partial charge >= 0.3 is 0 Å². The molecule has 3 nitrogen and oxygen atoms in total. The van der Waals surface area contributed by atoms with Crippen LogP contribution in [0.2, 0.25) is 0 Å². The van der Waals surface area contributed by atoms with Crippen LogP contribution in [0.25, 0.3) is 0 Å². The summed E-state index contributed by atoms with van der Waals surface area (Å²) >= 11 is 0. The largest absolute Gasteiger partial charge is 0.358 e. The number of rotatable bonds is 1. The first-order chi connectivity index (χ1) is 4.66. The summed E-state index contributed by atoms with van der Waals surface area (Å²) in [5, 5.41) is 0. The zero-order chi connectivity index (χ0) is 7.72. The van der Waals surface area contributed by atoms with Crippen LogP contribution in [0.3, 0.4) is 0 Å². The average Bonchev–Trinajstić information content (AvgIpc) is 2.09. The van der Waals surface area contributed by atoms with Gasteiger partial charge in [0, 0.05) is 20.2 Å². The third-order valence-corrected chi connectivity index (χ3v) is 1.66. The van der Waals surface area contributed by atoms with Crippen molar-refractivity contribution in [2.24, 2.45) is 0 Å². The molecule has 1 rings (SSSR count). The number of carbonyl (C=O) groups is 1. The summed E-state index contributed by atoms with van der Waals surface area (Å²) in [5.74, 6) is 0.0179. The van der Waals surface area contributed by atoms with Crippen LogP contribution in [0, 0.1) is 0 Å². The van der Waals surface area contributed by atoms with Gasteiger partial charge in [-0.3, -0.25) is 4.79 Å². The van der Waals surface area contributed by atoms with Gasteiger partial charge in [0.05, 0.1) is 0 Å². The summed E-state index contributed by atoms with van der Waals surface area (Å²) in [4.78, 5) is 12.5. The second-order valence-corrected chi connectivity index (χ2v) is 2.43. The fraction of sp³-hybridized carbons (Fsp3) is 0.571. The first-order valence-electron chi connectivity index (χ1n) is 3.14. The van der Waals surface area contributed by atoms with E-state index in [1.807, 2.05) is 6.92 Å². The Morgan fingerprint density at radius 1 is 1.70 bits per heavy atom. The fourth-order valence-electron chi connectivity index (χ4n) is 1.13. The maximum atomic E-state index is 10.9. The van der Waals surface area contributed by atoms with E-state index < -0.39 is 0 Å². The van der Waals surface area contributed by atoms with Crippen LogP contribution in [0.15, 0.2) is 11.6 Å². The molecule has 1 heterocycles. The predicted molar refractivity (Wildman–Crippen MR) is 37.3 cm³/mol. The van der Waals surface area contributed by atoms with Crippen LogP contribution >= 0.6 is 0 Å². The molecule has 10 heavy (non-hydrogen) atoms. The van der Waals surface area contributed by atoms with Gasteiger partial charge in [-0.2, -0.15) is 0 Å². The molecule has 0 aromatic rings. The highest BCUT2D eigenvalue weighted by atomic mass is 16.5. The Balaban J connectivity index is 2.77. The highest BCUT2D eigenvalue weighted by Crippen LogP contribution is 2.16. The van der Waals surface area contributed by atoms with Gasteiger partial charge in [0.2, 0.25) is 5.91 Å². The van der Waals surface area contributed by atoms with Gasteiger partial charge in [-0.15, -0.1) is 0 Å². The van der Waals surface area contributed by atoms with Gasteiger partial charge in [0.15, 0.2) is 6.23 Å². The monoisotopic (exact) mass is 141 g/mol. The molecule has 0 bridgehead atoms. The second-order valence-electron chi connectivity index (χ2n) is 2.43. The average molecular weight is 141 g/mol. The van der Waals surface area contributed by atoms with Crippen LogP contribution < -0.4 is 0 Å². The Bertz CT molecular complexity index is 186. The standard InChI is InChI=1S/C7H11NO2/c1-5-4-6(9)8(2)7(5)10-3/h4,7H,1-3H3. The third-order valence-electron chi connectivity index (χ3n) is 1.66. The lowest BCUT2D eigenvalue weighted by Gasteiger charge is -2.19. The number of likely N-dealkylation sites (N-methyl/N-ethyl adjacent to an activating group) is 1. The van der Waals surface area contributed by atoms with Gasteiger partial charge in [-0.1, -0.05) is 0 Å². The summed E-state index contributed by atoms with van der Waals surface area (Å²) in [6.07, 6.45) is 1.45. The molecular weight excluding hydrogens is 130 g/mol. The van der Waals surface area contributed by atoms with E-state index in [-0.39, 0.29) is 12.1 Å². The van der Waals surface area contributed by atoms with Gasteiger partial charge in [-0.25, -0.2) is 0 Å². The van der Waals surface area contributed by atoms with Crippen molar-refractivity contribution < 1.29 is 9.53 Å². The molecule has 1 atom stereocenters. The Labute approximate surface area is 60.3 Å². The molecule has 0 N–H and O–H groups in total. The lowest BCUT2D eigenvalue weighted by molar-refractivity contribution is -0.130. The van der Waals surface area contributed by atoms with Crippen molar-refractivity contribution in [3.8, 4) is 0 Å². The molecule has 0 aliphatic carbocycles. The maximum absolute atomic E-state index is 10.9. The summed E-state index contributed by atoms with van der Waals surface area (Å²) in [7, 11) is 3.32. The molecule has 56 valence electrons. The lowest BCUT2D eigenvalue weighted by atomic mass is 10.3. The molecule has 0 radical (unpaired) electrons. The van der Waals surface area contributed by atoms with Gasteiger partial charge in [-0.05, 0) is 12.5 Å². The first kappa shape index (κ1) is 7.28. The van der Waals surface area contributed by atoms with Crippen molar-refractivity contribution in [2.45, 2.75) is 13.2 Å². The number of carbonyl (C=O) groups excluding carboxylic acids is 1. The van der Waals surface area contributed by atoms with Crippen molar-refractivity contribution in [1.29, 1.82) is 0 Å². The second kappa shape index (κ2) is 2.42. The van der Waals surface area contributed by atoms with E-state index in [0.29, 0.717) is 0 Å². The van der Waals surface area contributed by atoms with Crippen LogP contribution in [0.5, 0.6) is 0 Å². The fourth-order valence-corrected chi connectivity index (χ4v) is 1.13. The van der Waals surface area contributed by atoms with Crippen LogP contribution in [-0.2, 0) is 9.53 Å². The summed E-state index contributed by atoms with van der Waals surface area (Å²) in [5.41, 5.74) is 0.968. The molecule has 0 saturated heterocycles. The summed E-state index contributed by atoms with van der Waals surface area (Å²) in [6.45, 7) is 1.88. The molecule has 1 amide bonds. The normalized spacial score (nSPS) is 25.5. The number of hydrogen-bond acceptors (Lipinski definition) is 2. The molecule has 0 aromatic carbocycles. The van der Waals surface area contributed by atoms with E-state index in [1.165, 1.54) is 0 Å².